The van der Waals surface area contributed by atoms with Crippen molar-refractivity contribution in [2.24, 2.45) is 0 Å². The predicted octanol–water partition coefficient (Wildman–Crippen LogP) is 4.84. The number of amides is 2. The number of thiazole rings is 1. The number of ether oxygens (including phenoxy) is 1. The normalized spacial score (nSPS) is 17.4. The summed E-state index contributed by atoms with van der Waals surface area (Å²) in [4.78, 5) is 32.8. The summed E-state index contributed by atoms with van der Waals surface area (Å²) in [7, 11) is 0. The first kappa shape index (κ1) is 18.8. The maximum absolute atomic E-state index is 12.5. The average Bonchev–Trinajstić information content (AvgIpc) is 3.24. The second-order valence-electron chi connectivity index (χ2n) is 7.24. The van der Waals surface area contributed by atoms with Gasteiger partial charge in [-0.2, -0.15) is 0 Å². The highest BCUT2D eigenvalue weighted by Gasteiger charge is 2.34. The number of rotatable bonds is 3. The third-order valence-corrected chi connectivity index (χ3v) is 5.88. The first-order valence-corrected chi connectivity index (χ1v) is 10.2. The van der Waals surface area contributed by atoms with Crippen LogP contribution in [0, 0.1) is 6.92 Å². The third kappa shape index (κ3) is 4.24. The van der Waals surface area contributed by atoms with Gasteiger partial charge in [0.2, 0.25) is 0 Å². The van der Waals surface area contributed by atoms with Crippen LogP contribution in [-0.2, 0) is 4.74 Å². The lowest BCUT2D eigenvalue weighted by Crippen LogP contribution is -2.36. The van der Waals surface area contributed by atoms with Crippen LogP contribution in [0.4, 0.5) is 9.93 Å². The van der Waals surface area contributed by atoms with Crippen LogP contribution in [0.5, 0.6) is 0 Å². The summed E-state index contributed by atoms with van der Waals surface area (Å²) in [6, 6.07) is 1.87. The first-order valence-electron chi connectivity index (χ1n) is 8.55. The molecule has 8 heteroatoms. The van der Waals surface area contributed by atoms with Crippen LogP contribution >= 0.6 is 22.7 Å². The zero-order valence-electron chi connectivity index (χ0n) is 15.4. The monoisotopic (exact) mass is 393 g/mol. The fourth-order valence-corrected chi connectivity index (χ4v) is 4.64. The molecule has 1 atom stereocenters. The van der Waals surface area contributed by atoms with Crippen molar-refractivity contribution in [3.63, 3.8) is 0 Å². The van der Waals surface area contributed by atoms with Gasteiger partial charge in [0.15, 0.2) is 5.13 Å². The number of aryl methyl sites for hydroxylation is 1. The highest BCUT2D eigenvalue weighted by atomic mass is 32.1. The van der Waals surface area contributed by atoms with Crippen molar-refractivity contribution in [2.45, 2.75) is 52.2 Å². The number of hydrogen-bond acceptors (Lipinski definition) is 6. The number of carbonyl (C=O) groups is 2. The van der Waals surface area contributed by atoms with Gasteiger partial charge in [0.25, 0.3) is 5.91 Å². The van der Waals surface area contributed by atoms with Crippen LogP contribution in [0.15, 0.2) is 17.6 Å². The quantitative estimate of drug-likeness (QED) is 0.810. The van der Waals surface area contributed by atoms with Gasteiger partial charge in [0.1, 0.15) is 5.60 Å². The van der Waals surface area contributed by atoms with Gasteiger partial charge in [-0.1, -0.05) is 0 Å². The smallest absolute Gasteiger partial charge is 0.410 e. The molecule has 3 rings (SSSR count). The molecule has 0 aromatic carbocycles. The maximum atomic E-state index is 12.5. The molecule has 2 aromatic heterocycles. The predicted molar refractivity (Wildman–Crippen MR) is 104 cm³/mol. The molecule has 2 aromatic rings. The Morgan fingerprint density at radius 1 is 1.38 bits per heavy atom. The Kier molecular flexibility index (Phi) is 5.34. The molecule has 26 heavy (non-hydrogen) atoms. The molecule has 2 amide bonds. The first-order chi connectivity index (χ1) is 12.2. The van der Waals surface area contributed by atoms with E-state index in [4.69, 9.17) is 4.74 Å². The Morgan fingerprint density at radius 3 is 2.81 bits per heavy atom. The van der Waals surface area contributed by atoms with Crippen molar-refractivity contribution in [1.29, 1.82) is 0 Å². The number of nitrogens with zero attached hydrogens (tertiary/aromatic N) is 2. The van der Waals surface area contributed by atoms with E-state index in [9.17, 15) is 9.59 Å². The minimum absolute atomic E-state index is 0.0324. The molecule has 1 aliphatic rings. The Bertz CT molecular complexity index is 793. The topological polar surface area (TPSA) is 71.5 Å². The summed E-state index contributed by atoms with van der Waals surface area (Å²) in [5.41, 5.74) is 0.116. The summed E-state index contributed by atoms with van der Waals surface area (Å²) in [5.74, 6) is -0.165. The van der Waals surface area contributed by atoms with Gasteiger partial charge < -0.3 is 9.64 Å². The van der Waals surface area contributed by atoms with Gasteiger partial charge in [-0.15, -0.1) is 22.7 Å². The van der Waals surface area contributed by atoms with Crippen molar-refractivity contribution in [3.05, 3.63) is 33.0 Å². The van der Waals surface area contributed by atoms with E-state index >= 15 is 0 Å². The van der Waals surface area contributed by atoms with Crippen molar-refractivity contribution in [1.82, 2.24) is 9.88 Å². The Morgan fingerprint density at radius 2 is 2.15 bits per heavy atom. The molecular weight excluding hydrogens is 370 g/mol. The second-order valence-corrected chi connectivity index (χ2v) is 9.42. The molecule has 0 saturated carbocycles. The van der Waals surface area contributed by atoms with E-state index in [-0.39, 0.29) is 18.0 Å². The molecule has 1 aliphatic heterocycles. The summed E-state index contributed by atoms with van der Waals surface area (Å²) in [5, 5.41) is 5.22. The SMILES string of the molecule is Cc1sc(C2CCCN2C(=O)OC(C)(C)C)cc1C(=O)Nc1nccs1. The Balaban J connectivity index is 1.77. The summed E-state index contributed by atoms with van der Waals surface area (Å²) < 4.78 is 5.53. The third-order valence-electron chi connectivity index (χ3n) is 4.04. The van der Waals surface area contributed by atoms with Gasteiger partial charge in [0.05, 0.1) is 11.6 Å². The zero-order valence-corrected chi connectivity index (χ0v) is 17.0. The lowest BCUT2D eigenvalue weighted by Gasteiger charge is -2.28. The fraction of sp³-hybridized carbons (Fsp3) is 0.500. The number of carbonyl (C=O) groups excluding carboxylic acids is 2. The minimum atomic E-state index is -0.520. The molecular formula is C18H23N3O3S2. The molecule has 0 radical (unpaired) electrons. The van der Waals surface area contributed by atoms with Gasteiger partial charge in [-0.25, -0.2) is 9.78 Å². The van der Waals surface area contributed by atoms with Crippen molar-refractivity contribution in [3.8, 4) is 0 Å². The van der Waals surface area contributed by atoms with E-state index < -0.39 is 5.60 Å². The fourth-order valence-electron chi connectivity index (χ4n) is 2.95. The van der Waals surface area contributed by atoms with E-state index in [1.54, 1.807) is 22.4 Å². The highest BCUT2D eigenvalue weighted by molar-refractivity contribution is 7.14. The largest absolute Gasteiger partial charge is 0.444 e. The van der Waals surface area contributed by atoms with E-state index in [1.165, 1.54) is 11.3 Å². The van der Waals surface area contributed by atoms with E-state index in [0.717, 1.165) is 22.6 Å². The molecule has 1 fully saturated rings. The van der Waals surface area contributed by atoms with E-state index in [0.29, 0.717) is 17.2 Å². The number of thiophene rings is 1. The molecule has 6 nitrogen and oxygen atoms in total. The maximum Gasteiger partial charge on any atom is 0.410 e. The highest BCUT2D eigenvalue weighted by Crippen LogP contribution is 2.38. The number of anilines is 1. The Labute approximate surface area is 161 Å². The van der Waals surface area contributed by atoms with Gasteiger partial charge in [-0.05, 0) is 46.6 Å². The standard InChI is InChI=1S/C18H23N3O3S2/c1-11-12(15(22)20-16-19-7-9-25-16)10-14(26-11)13-6-5-8-21(13)17(23)24-18(2,3)4/h7,9-10,13H,5-6,8H2,1-4H3,(H,19,20,22). The summed E-state index contributed by atoms with van der Waals surface area (Å²) in [6.07, 6.45) is 3.18. The average molecular weight is 394 g/mol. The van der Waals surface area contributed by atoms with Crippen LogP contribution < -0.4 is 5.32 Å². The van der Waals surface area contributed by atoms with Crippen molar-refractivity contribution < 1.29 is 14.3 Å². The molecule has 0 aliphatic carbocycles. The molecule has 1 unspecified atom stereocenters. The summed E-state index contributed by atoms with van der Waals surface area (Å²) >= 11 is 2.95. The zero-order chi connectivity index (χ0) is 18.9. The van der Waals surface area contributed by atoms with Crippen LogP contribution in [0.3, 0.4) is 0 Å². The molecule has 1 saturated heterocycles. The molecule has 3 heterocycles. The van der Waals surface area contributed by atoms with Crippen LogP contribution in [-0.4, -0.2) is 34.0 Å². The van der Waals surface area contributed by atoms with Crippen LogP contribution in [0.25, 0.3) is 0 Å². The number of nitrogens with one attached hydrogen (secondary N) is 1. The van der Waals surface area contributed by atoms with Gasteiger partial charge in [-0.3, -0.25) is 10.1 Å². The lowest BCUT2D eigenvalue weighted by atomic mass is 10.1. The Hall–Kier alpha value is -1.93. The van der Waals surface area contributed by atoms with Gasteiger partial charge in [0, 0.05) is 27.9 Å². The van der Waals surface area contributed by atoms with Crippen LogP contribution in [0.2, 0.25) is 0 Å². The van der Waals surface area contributed by atoms with Gasteiger partial charge >= 0.3 is 6.09 Å². The molecule has 0 spiro atoms. The van der Waals surface area contributed by atoms with E-state index in [1.807, 2.05) is 39.1 Å². The lowest BCUT2D eigenvalue weighted by molar-refractivity contribution is 0.0227. The molecule has 140 valence electrons. The number of hydrogen-bond donors (Lipinski definition) is 1. The molecule has 0 bridgehead atoms. The minimum Gasteiger partial charge on any atom is -0.444 e. The molecule has 1 N–H and O–H groups in total. The summed E-state index contributed by atoms with van der Waals surface area (Å²) in [6.45, 7) is 8.21. The second kappa shape index (κ2) is 7.36. The van der Waals surface area contributed by atoms with Crippen molar-refractivity contribution in [2.75, 3.05) is 11.9 Å². The van der Waals surface area contributed by atoms with E-state index in [2.05, 4.69) is 10.3 Å². The van der Waals surface area contributed by atoms with Crippen LogP contribution in [0.1, 0.15) is 59.8 Å². The number of aromatic nitrogens is 1. The van der Waals surface area contributed by atoms with Crippen molar-refractivity contribution >= 4 is 39.8 Å². The number of likely N-dealkylation sites (tertiary alicyclic amines) is 1.